The zero-order valence-electron chi connectivity index (χ0n) is 12.1. The molecule has 1 rings (SSSR count). The number of methoxy groups -OCH3 is 1. The van der Waals surface area contributed by atoms with Gasteiger partial charge in [-0.15, -0.1) is 0 Å². The molecule has 9 heteroatoms. The van der Waals surface area contributed by atoms with Crippen molar-refractivity contribution in [1.29, 1.82) is 0 Å². The summed E-state index contributed by atoms with van der Waals surface area (Å²) in [6.45, 7) is 5.14. The van der Waals surface area contributed by atoms with Crippen LogP contribution in [0.25, 0.3) is 0 Å². The number of rotatable bonds is 4. The van der Waals surface area contributed by atoms with E-state index < -0.39 is 23.7 Å². The maximum absolute atomic E-state index is 11.7. The first-order chi connectivity index (χ1) is 9.62. The Morgan fingerprint density at radius 3 is 2.43 bits per heavy atom. The van der Waals surface area contributed by atoms with Gasteiger partial charge in [-0.25, -0.2) is 14.6 Å². The Hall–Kier alpha value is -1.47. The van der Waals surface area contributed by atoms with Gasteiger partial charge in [0.25, 0.3) is 0 Å². The molecule has 7 nitrogen and oxygen atoms in total. The van der Waals surface area contributed by atoms with Gasteiger partial charge in [0.15, 0.2) is 5.15 Å². The number of amides is 1. The maximum Gasteiger partial charge on any atom is 0.408 e. The van der Waals surface area contributed by atoms with E-state index in [9.17, 15) is 9.59 Å². The van der Waals surface area contributed by atoms with Gasteiger partial charge in [-0.1, -0.05) is 11.6 Å². The third kappa shape index (κ3) is 5.81. The topological polar surface area (TPSA) is 93.3 Å². The second-order valence-electron chi connectivity index (χ2n) is 5.22. The van der Waals surface area contributed by atoms with Crippen LogP contribution in [0.5, 0.6) is 0 Å². The van der Waals surface area contributed by atoms with Crippen LogP contribution in [0.2, 0.25) is 10.4 Å². The Labute approximate surface area is 132 Å². The number of halogens is 2. The van der Waals surface area contributed by atoms with E-state index in [0.717, 1.165) is 0 Å². The van der Waals surface area contributed by atoms with Gasteiger partial charge in [0.1, 0.15) is 11.6 Å². The quantitative estimate of drug-likeness (QED) is 0.822. The predicted octanol–water partition coefficient (Wildman–Crippen LogP) is 2.33. The van der Waals surface area contributed by atoms with Crippen molar-refractivity contribution >= 4 is 35.3 Å². The molecule has 1 amide bonds. The summed E-state index contributed by atoms with van der Waals surface area (Å²) in [4.78, 5) is 29.9. The fourth-order valence-corrected chi connectivity index (χ4v) is 1.93. The minimum absolute atomic E-state index is 0.0461. The first-order valence-electron chi connectivity index (χ1n) is 6.09. The van der Waals surface area contributed by atoms with E-state index >= 15 is 0 Å². The fourth-order valence-electron chi connectivity index (χ4n) is 1.48. The summed E-state index contributed by atoms with van der Waals surface area (Å²) in [5.41, 5.74) is -0.271. The average molecular weight is 338 g/mol. The van der Waals surface area contributed by atoms with Gasteiger partial charge >= 0.3 is 12.1 Å². The zero-order valence-corrected chi connectivity index (χ0v) is 13.6. The Kier molecular flexibility index (Phi) is 5.86. The number of esters is 1. The summed E-state index contributed by atoms with van der Waals surface area (Å²) in [7, 11) is 1.22. The van der Waals surface area contributed by atoms with Crippen LogP contribution in [0.4, 0.5) is 4.79 Å². The van der Waals surface area contributed by atoms with Gasteiger partial charge < -0.3 is 19.8 Å². The van der Waals surface area contributed by atoms with Crippen molar-refractivity contribution in [2.75, 3.05) is 7.11 Å². The molecular weight excluding hydrogens is 321 g/mol. The standard InChI is InChI=1S/C12H17Cl2N3O4/c1-12(2,3)21-11(19)16-7(9(18)20-4)5-6-8(13)17-10(14)15-6/h7H,5H2,1-4H3,(H,15,17)(H,16,19)/t7-/m0/s1. The molecule has 1 aromatic heterocycles. The molecule has 118 valence electrons. The molecule has 1 heterocycles. The summed E-state index contributed by atoms with van der Waals surface area (Å²) in [6.07, 6.45) is -0.690. The van der Waals surface area contributed by atoms with Crippen LogP contribution in [0, 0.1) is 0 Å². The second kappa shape index (κ2) is 7.00. The van der Waals surface area contributed by atoms with E-state index in [4.69, 9.17) is 27.9 Å². The smallest absolute Gasteiger partial charge is 0.408 e. The van der Waals surface area contributed by atoms with Crippen molar-refractivity contribution in [2.45, 2.75) is 38.8 Å². The zero-order chi connectivity index (χ0) is 16.2. The summed E-state index contributed by atoms with van der Waals surface area (Å²) < 4.78 is 9.74. The van der Waals surface area contributed by atoms with Gasteiger partial charge in [-0.3, -0.25) is 0 Å². The first-order valence-corrected chi connectivity index (χ1v) is 6.85. The third-order valence-corrected chi connectivity index (χ3v) is 2.78. The van der Waals surface area contributed by atoms with Crippen LogP contribution in [-0.4, -0.2) is 40.8 Å². The van der Waals surface area contributed by atoms with Crippen LogP contribution >= 0.6 is 23.2 Å². The molecule has 1 atom stereocenters. The minimum atomic E-state index is -0.973. The van der Waals surface area contributed by atoms with E-state index in [1.165, 1.54) is 7.11 Å². The number of nitrogens with one attached hydrogen (secondary N) is 2. The second-order valence-corrected chi connectivity index (χ2v) is 5.94. The summed E-state index contributed by atoms with van der Waals surface area (Å²) in [5.74, 6) is -0.636. The van der Waals surface area contributed by atoms with Gasteiger partial charge in [-0.05, 0) is 32.4 Å². The van der Waals surface area contributed by atoms with E-state index in [2.05, 4.69) is 20.0 Å². The normalized spacial score (nSPS) is 12.7. The summed E-state index contributed by atoms with van der Waals surface area (Å²) in [6, 6.07) is -0.973. The largest absolute Gasteiger partial charge is 0.467 e. The van der Waals surface area contributed by atoms with Crippen LogP contribution < -0.4 is 5.32 Å². The molecule has 0 radical (unpaired) electrons. The molecule has 2 N–H and O–H groups in total. The van der Waals surface area contributed by atoms with Gasteiger partial charge in [0.2, 0.25) is 5.28 Å². The minimum Gasteiger partial charge on any atom is -0.467 e. The molecule has 0 saturated heterocycles. The van der Waals surface area contributed by atoms with Crippen molar-refractivity contribution in [3.8, 4) is 0 Å². The van der Waals surface area contributed by atoms with Crippen molar-refractivity contribution < 1.29 is 19.1 Å². The molecule has 0 spiro atoms. The fraction of sp³-hybridized carbons (Fsp3) is 0.583. The van der Waals surface area contributed by atoms with Crippen LogP contribution in [0.3, 0.4) is 0 Å². The molecule has 0 aliphatic rings. The number of nitrogens with zero attached hydrogens (tertiary/aromatic N) is 1. The average Bonchev–Trinajstić information content (AvgIpc) is 2.63. The number of hydrogen-bond donors (Lipinski definition) is 2. The summed E-state index contributed by atoms with van der Waals surface area (Å²) in [5, 5.41) is 2.64. The van der Waals surface area contributed by atoms with E-state index in [0.29, 0.717) is 5.69 Å². The molecule has 0 fully saturated rings. The highest BCUT2D eigenvalue weighted by Crippen LogP contribution is 2.18. The number of H-pyrrole nitrogens is 1. The molecule has 0 saturated carbocycles. The van der Waals surface area contributed by atoms with Gasteiger partial charge in [0, 0.05) is 6.42 Å². The molecule has 1 aromatic rings. The van der Waals surface area contributed by atoms with E-state index in [1.807, 2.05) is 0 Å². The van der Waals surface area contributed by atoms with Crippen molar-refractivity contribution in [3.05, 3.63) is 16.1 Å². The molecule has 0 aliphatic carbocycles. The molecule has 21 heavy (non-hydrogen) atoms. The third-order valence-electron chi connectivity index (χ3n) is 2.28. The van der Waals surface area contributed by atoms with Crippen molar-refractivity contribution in [3.63, 3.8) is 0 Å². The number of carbonyl (C=O) groups excluding carboxylic acids is 2. The maximum atomic E-state index is 11.7. The van der Waals surface area contributed by atoms with Crippen molar-refractivity contribution in [1.82, 2.24) is 15.3 Å². The Morgan fingerprint density at radius 1 is 1.38 bits per heavy atom. The highest BCUT2D eigenvalue weighted by Gasteiger charge is 2.27. The monoisotopic (exact) mass is 337 g/mol. The lowest BCUT2D eigenvalue weighted by Crippen LogP contribution is -2.45. The Morgan fingerprint density at radius 2 is 2.00 bits per heavy atom. The first kappa shape index (κ1) is 17.6. The Balaban J connectivity index is 2.79. The number of aromatic amines is 1. The predicted molar refractivity (Wildman–Crippen MR) is 77.5 cm³/mol. The molecule has 0 aliphatic heterocycles. The SMILES string of the molecule is COC(=O)[C@H](Cc1[nH]c(Cl)nc1Cl)NC(=O)OC(C)(C)C. The molecule has 0 unspecified atom stereocenters. The lowest BCUT2D eigenvalue weighted by atomic mass is 10.1. The van der Waals surface area contributed by atoms with E-state index in [-0.39, 0.29) is 16.9 Å². The number of ether oxygens (including phenoxy) is 2. The number of aromatic nitrogens is 2. The van der Waals surface area contributed by atoms with Crippen LogP contribution in [0.1, 0.15) is 26.5 Å². The van der Waals surface area contributed by atoms with Crippen LogP contribution in [-0.2, 0) is 20.7 Å². The number of alkyl carbamates (subject to hydrolysis) is 1. The van der Waals surface area contributed by atoms with Gasteiger partial charge in [0.05, 0.1) is 12.8 Å². The van der Waals surface area contributed by atoms with Crippen LogP contribution in [0.15, 0.2) is 0 Å². The Bertz CT molecular complexity index is 525. The van der Waals surface area contributed by atoms with Gasteiger partial charge in [-0.2, -0.15) is 0 Å². The molecular formula is C12H17Cl2N3O4. The highest BCUT2D eigenvalue weighted by molar-refractivity contribution is 6.32. The number of imidazole rings is 1. The lowest BCUT2D eigenvalue weighted by molar-refractivity contribution is -0.143. The summed E-state index contributed by atoms with van der Waals surface area (Å²) >= 11 is 11.5. The molecule has 0 aromatic carbocycles. The molecule has 0 bridgehead atoms. The number of hydrogen-bond acceptors (Lipinski definition) is 5. The lowest BCUT2D eigenvalue weighted by Gasteiger charge is -2.22. The van der Waals surface area contributed by atoms with Crippen molar-refractivity contribution in [2.24, 2.45) is 0 Å². The number of carbonyl (C=O) groups is 2. The van der Waals surface area contributed by atoms with E-state index in [1.54, 1.807) is 20.8 Å². The highest BCUT2D eigenvalue weighted by atomic mass is 35.5.